The van der Waals surface area contributed by atoms with E-state index in [0.29, 0.717) is 6.61 Å². The van der Waals surface area contributed by atoms with Crippen molar-refractivity contribution in [2.24, 2.45) is 5.92 Å². The first-order valence-corrected chi connectivity index (χ1v) is 11.5. The largest absolute Gasteiger partial charge is 0.459 e. The molecule has 0 amide bonds. The monoisotopic (exact) mass is 439 g/mol. The van der Waals surface area contributed by atoms with E-state index >= 15 is 0 Å². The van der Waals surface area contributed by atoms with Crippen LogP contribution in [-0.4, -0.2) is 52.6 Å². The van der Waals surface area contributed by atoms with Crippen molar-refractivity contribution in [3.63, 3.8) is 0 Å². The number of carbonyl (C=O) groups is 1. The predicted molar refractivity (Wildman–Crippen MR) is 126 cm³/mol. The molecular weight excluding hydrogens is 402 g/mol. The molecular formula is C27H37NO4. The summed E-state index contributed by atoms with van der Waals surface area (Å²) in [7, 11) is 0. The highest BCUT2D eigenvalue weighted by Gasteiger charge is 2.48. The maximum Gasteiger partial charge on any atom is 0.326 e. The highest BCUT2D eigenvalue weighted by molar-refractivity contribution is 5.77. The van der Waals surface area contributed by atoms with E-state index in [9.17, 15) is 9.90 Å². The lowest BCUT2D eigenvalue weighted by molar-refractivity contribution is -0.172. The molecule has 0 bridgehead atoms. The van der Waals surface area contributed by atoms with Gasteiger partial charge in [-0.15, -0.1) is 0 Å². The summed E-state index contributed by atoms with van der Waals surface area (Å²) in [6.45, 7) is 11.9. The number of carbonyl (C=O) groups excluding carboxylic acids is 1. The van der Waals surface area contributed by atoms with E-state index < -0.39 is 29.9 Å². The first kappa shape index (κ1) is 24.4. The van der Waals surface area contributed by atoms with E-state index in [1.165, 1.54) is 0 Å². The van der Waals surface area contributed by atoms with Crippen molar-refractivity contribution in [1.82, 2.24) is 4.90 Å². The summed E-state index contributed by atoms with van der Waals surface area (Å²) in [4.78, 5) is 15.4. The Morgan fingerprint density at radius 1 is 1.03 bits per heavy atom. The van der Waals surface area contributed by atoms with Crippen molar-refractivity contribution in [2.75, 3.05) is 6.61 Å². The number of rotatable bonds is 7. The van der Waals surface area contributed by atoms with Crippen LogP contribution in [-0.2, 0) is 14.3 Å². The standard InChI is InChI=1S/C27H37NO4/c1-18(2)24(29)23(26(30)32-27(4,5)6)28-19(3)17-31-25(28)22(20-13-9-7-10-14-20)21-15-11-8-12-16-21/h7-16,18-19,22-25,29H,17H2,1-6H3/t19-,23?,24-,25?/m0/s1. The smallest absolute Gasteiger partial charge is 0.326 e. The van der Waals surface area contributed by atoms with Gasteiger partial charge in [0.25, 0.3) is 0 Å². The second kappa shape index (κ2) is 10.2. The molecule has 2 unspecified atom stereocenters. The molecule has 0 radical (unpaired) electrons. The zero-order valence-electron chi connectivity index (χ0n) is 20.1. The van der Waals surface area contributed by atoms with Crippen molar-refractivity contribution < 1.29 is 19.4 Å². The van der Waals surface area contributed by atoms with Gasteiger partial charge in [0.2, 0.25) is 0 Å². The first-order valence-electron chi connectivity index (χ1n) is 11.5. The van der Waals surface area contributed by atoms with E-state index in [1.807, 2.05) is 82.8 Å². The van der Waals surface area contributed by atoms with E-state index in [-0.39, 0.29) is 17.9 Å². The molecule has 2 aromatic carbocycles. The van der Waals surface area contributed by atoms with E-state index in [0.717, 1.165) is 11.1 Å². The van der Waals surface area contributed by atoms with Crippen LogP contribution in [0.15, 0.2) is 60.7 Å². The fourth-order valence-corrected chi connectivity index (χ4v) is 4.37. The molecule has 1 fully saturated rings. The Hall–Kier alpha value is -2.21. The van der Waals surface area contributed by atoms with E-state index in [2.05, 4.69) is 24.3 Å². The summed E-state index contributed by atoms with van der Waals surface area (Å²) in [6, 6.07) is 19.5. The second-order valence-electron chi connectivity index (χ2n) is 10.0. The third kappa shape index (κ3) is 5.58. The number of ether oxygens (including phenoxy) is 2. The molecule has 0 saturated carbocycles. The third-order valence-electron chi connectivity index (χ3n) is 5.89. The minimum atomic E-state index is -0.885. The quantitative estimate of drug-likeness (QED) is 0.640. The van der Waals surface area contributed by atoms with Gasteiger partial charge in [0.15, 0.2) is 0 Å². The van der Waals surface area contributed by atoms with Gasteiger partial charge < -0.3 is 14.6 Å². The molecule has 5 heteroatoms. The number of nitrogens with zero attached hydrogens (tertiary/aromatic N) is 1. The summed E-state index contributed by atoms with van der Waals surface area (Å²) >= 11 is 0. The van der Waals surface area contributed by atoms with Gasteiger partial charge in [-0.3, -0.25) is 9.69 Å². The summed E-state index contributed by atoms with van der Waals surface area (Å²) in [5.41, 5.74) is 1.55. The number of esters is 1. The Morgan fingerprint density at radius 3 is 1.97 bits per heavy atom. The number of hydrogen-bond acceptors (Lipinski definition) is 5. The zero-order valence-corrected chi connectivity index (χ0v) is 20.1. The van der Waals surface area contributed by atoms with Crippen LogP contribution < -0.4 is 0 Å². The highest BCUT2D eigenvalue weighted by Crippen LogP contribution is 2.38. The third-order valence-corrected chi connectivity index (χ3v) is 5.89. The minimum Gasteiger partial charge on any atom is -0.459 e. The lowest BCUT2D eigenvalue weighted by Gasteiger charge is -2.40. The molecule has 5 nitrogen and oxygen atoms in total. The van der Waals surface area contributed by atoms with Gasteiger partial charge in [-0.2, -0.15) is 0 Å². The molecule has 0 aliphatic carbocycles. The molecule has 3 rings (SSSR count). The van der Waals surface area contributed by atoms with Crippen LogP contribution in [0.2, 0.25) is 0 Å². The van der Waals surface area contributed by atoms with Gasteiger partial charge in [0, 0.05) is 12.0 Å². The molecule has 2 aromatic rings. The van der Waals surface area contributed by atoms with Gasteiger partial charge in [-0.25, -0.2) is 0 Å². The second-order valence-corrected chi connectivity index (χ2v) is 10.0. The highest BCUT2D eigenvalue weighted by atomic mass is 16.6. The van der Waals surface area contributed by atoms with Gasteiger partial charge in [-0.05, 0) is 44.7 Å². The summed E-state index contributed by atoms with van der Waals surface area (Å²) < 4.78 is 12.1. The van der Waals surface area contributed by atoms with Crippen LogP contribution in [0.4, 0.5) is 0 Å². The molecule has 1 heterocycles. The van der Waals surface area contributed by atoms with Crippen molar-refractivity contribution in [1.29, 1.82) is 0 Å². The minimum absolute atomic E-state index is 0.0548. The fourth-order valence-electron chi connectivity index (χ4n) is 4.37. The van der Waals surface area contributed by atoms with Crippen molar-refractivity contribution >= 4 is 5.97 Å². The topological polar surface area (TPSA) is 59.0 Å². The molecule has 0 aromatic heterocycles. The molecule has 174 valence electrons. The Morgan fingerprint density at radius 2 is 1.53 bits per heavy atom. The van der Waals surface area contributed by atoms with Crippen LogP contribution in [0.3, 0.4) is 0 Å². The number of benzene rings is 2. The molecule has 1 aliphatic heterocycles. The lowest BCUT2D eigenvalue weighted by Crippen LogP contribution is -2.57. The number of hydrogen-bond donors (Lipinski definition) is 1. The maximum absolute atomic E-state index is 13.4. The normalized spacial score (nSPS) is 21.7. The average molecular weight is 440 g/mol. The average Bonchev–Trinajstić information content (AvgIpc) is 3.09. The molecule has 4 atom stereocenters. The predicted octanol–water partition coefficient (Wildman–Crippen LogP) is 4.59. The van der Waals surface area contributed by atoms with E-state index in [1.54, 1.807) is 0 Å². The Labute approximate surface area is 192 Å². The SMILES string of the molecule is CC(C)[C@H](O)C(C(=O)OC(C)(C)C)N1C(C(c2ccccc2)c2ccccc2)OC[C@@H]1C. The summed E-state index contributed by atoms with van der Waals surface area (Å²) in [6.07, 6.45) is -1.30. The first-order chi connectivity index (χ1) is 15.1. The van der Waals surface area contributed by atoms with E-state index in [4.69, 9.17) is 9.47 Å². The van der Waals surface area contributed by atoms with Crippen LogP contribution in [0, 0.1) is 5.92 Å². The summed E-state index contributed by atoms with van der Waals surface area (Å²) in [5, 5.41) is 11.2. The molecule has 1 aliphatic rings. The van der Waals surface area contributed by atoms with Crippen LogP contribution >= 0.6 is 0 Å². The maximum atomic E-state index is 13.4. The van der Waals surface area contributed by atoms with Crippen molar-refractivity contribution in [2.45, 2.75) is 77.5 Å². The van der Waals surface area contributed by atoms with Crippen molar-refractivity contribution in [3.05, 3.63) is 71.8 Å². The lowest BCUT2D eigenvalue weighted by atomic mass is 9.87. The Bertz CT molecular complexity index is 823. The number of aliphatic hydroxyl groups is 1. The van der Waals surface area contributed by atoms with Gasteiger partial charge in [0.05, 0.1) is 12.7 Å². The molecule has 1 saturated heterocycles. The van der Waals surface area contributed by atoms with Crippen LogP contribution in [0.1, 0.15) is 58.6 Å². The van der Waals surface area contributed by atoms with Gasteiger partial charge in [0.1, 0.15) is 17.9 Å². The molecule has 1 N–H and O–H groups in total. The Balaban J connectivity index is 2.07. The number of aliphatic hydroxyl groups excluding tert-OH is 1. The zero-order chi connectivity index (χ0) is 23.5. The van der Waals surface area contributed by atoms with Gasteiger partial charge in [-0.1, -0.05) is 74.5 Å². The fraction of sp³-hybridized carbons (Fsp3) is 0.519. The van der Waals surface area contributed by atoms with Crippen LogP contribution in [0.25, 0.3) is 0 Å². The molecule has 0 spiro atoms. The van der Waals surface area contributed by atoms with Crippen molar-refractivity contribution in [3.8, 4) is 0 Å². The van der Waals surface area contributed by atoms with Crippen LogP contribution in [0.5, 0.6) is 0 Å². The summed E-state index contributed by atoms with van der Waals surface area (Å²) in [5.74, 6) is -0.652. The molecule has 32 heavy (non-hydrogen) atoms. The van der Waals surface area contributed by atoms with Gasteiger partial charge >= 0.3 is 5.97 Å². The Kier molecular flexibility index (Phi) is 7.75.